The lowest BCUT2D eigenvalue weighted by Gasteiger charge is -2.08. The minimum Gasteiger partial charge on any atom is -0.497 e. The summed E-state index contributed by atoms with van der Waals surface area (Å²) in [6.07, 6.45) is 9.36. The van der Waals surface area contributed by atoms with Gasteiger partial charge in [-0.05, 0) is 91.2 Å². The van der Waals surface area contributed by atoms with Gasteiger partial charge < -0.3 is 23.4 Å². The maximum Gasteiger partial charge on any atom is 0.200 e. The normalized spacial score (nSPS) is 11.2. The van der Waals surface area contributed by atoms with Gasteiger partial charge in [-0.15, -0.1) is 0 Å². The number of azo groups is 1. The summed E-state index contributed by atoms with van der Waals surface area (Å²) in [7, 11) is 3.25. The third kappa shape index (κ3) is 9.20. The maximum absolute atomic E-state index is 13.0. The van der Waals surface area contributed by atoms with Crippen LogP contribution in [0.5, 0.6) is 23.0 Å². The van der Waals surface area contributed by atoms with E-state index in [0.29, 0.717) is 35.5 Å². The van der Waals surface area contributed by atoms with Gasteiger partial charge in [0.05, 0.1) is 49.8 Å². The molecule has 5 rings (SSSR count). The molecule has 0 N–H and O–H groups in total. The molecular formula is C38H40N2O6. The number of fused-ring (bicyclic) bond motifs is 1. The van der Waals surface area contributed by atoms with E-state index < -0.39 is 0 Å². The number of methoxy groups -OCH3 is 2. The monoisotopic (exact) mass is 620 g/mol. The van der Waals surface area contributed by atoms with Crippen LogP contribution in [0.3, 0.4) is 0 Å². The van der Waals surface area contributed by atoms with Crippen LogP contribution in [0.15, 0.2) is 117 Å². The molecule has 0 amide bonds. The van der Waals surface area contributed by atoms with Gasteiger partial charge in [0.15, 0.2) is 5.43 Å². The third-order valence-electron chi connectivity index (χ3n) is 7.66. The first-order valence-electron chi connectivity index (χ1n) is 15.7. The quantitative estimate of drug-likeness (QED) is 0.0759. The first kappa shape index (κ1) is 32.3. The van der Waals surface area contributed by atoms with Crippen molar-refractivity contribution in [3.8, 4) is 34.1 Å². The molecule has 0 radical (unpaired) electrons. The Morgan fingerprint density at radius 2 is 1.04 bits per heavy atom. The Kier molecular flexibility index (Phi) is 11.8. The largest absolute Gasteiger partial charge is 0.497 e. The number of rotatable bonds is 17. The van der Waals surface area contributed by atoms with Gasteiger partial charge in [-0.1, -0.05) is 44.2 Å². The van der Waals surface area contributed by atoms with Crippen molar-refractivity contribution >= 4 is 22.3 Å². The summed E-state index contributed by atoms with van der Waals surface area (Å²) >= 11 is 0. The predicted octanol–water partition coefficient (Wildman–Crippen LogP) is 10.1. The molecule has 46 heavy (non-hydrogen) atoms. The van der Waals surface area contributed by atoms with Crippen molar-refractivity contribution in [2.75, 3.05) is 27.4 Å². The van der Waals surface area contributed by atoms with Gasteiger partial charge in [0, 0.05) is 6.07 Å². The molecule has 1 aromatic heterocycles. The fourth-order valence-corrected chi connectivity index (χ4v) is 5.01. The van der Waals surface area contributed by atoms with Crippen molar-refractivity contribution in [2.45, 2.75) is 44.9 Å². The minimum atomic E-state index is -0.0660. The van der Waals surface area contributed by atoms with Crippen molar-refractivity contribution in [2.24, 2.45) is 10.2 Å². The van der Waals surface area contributed by atoms with E-state index in [2.05, 4.69) is 10.2 Å². The second-order valence-corrected chi connectivity index (χ2v) is 10.9. The average molecular weight is 621 g/mol. The molecule has 0 aliphatic carbocycles. The second kappa shape index (κ2) is 16.8. The van der Waals surface area contributed by atoms with Crippen molar-refractivity contribution in [1.29, 1.82) is 0 Å². The fourth-order valence-electron chi connectivity index (χ4n) is 5.01. The Balaban J connectivity index is 0.924. The number of hydrogen-bond donors (Lipinski definition) is 0. The number of nitrogens with zero attached hydrogens (tertiary/aromatic N) is 2. The molecule has 4 aromatic carbocycles. The highest BCUT2D eigenvalue weighted by Gasteiger charge is 2.10. The molecule has 0 unspecified atom stereocenters. The van der Waals surface area contributed by atoms with Crippen LogP contribution in [0.2, 0.25) is 0 Å². The molecule has 0 saturated heterocycles. The third-order valence-corrected chi connectivity index (χ3v) is 7.66. The van der Waals surface area contributed by atoms with Crippen LogP contribution in [-0.2, 0) is 0 Å². The standard InChI is InChI=1S/C38H40N2O6/c1-42-31-16-10-28(11-17-31)36-27-46-37-26-34(22-23-35(37)38(36)41)45-25-9-7-5-3-4-6-8-24-44-33-20-14-30(15-21-33)40-39-29-12-18-32(43-2)19-13-29/h10-23,26-27H,3-9,24-25H2,1-2H3. The summed E-state index contributed by atoms with van der Waals surface area (Å²) in [6.45, 7) is 1.34. The van der Waals surface area contributed by atoms with Gasteiger partial charge in [-0.3, -0.25) is 4.79 Å². The fraction of sp³-hybridized carbons (Fsp3) is 0.289. The molecule has 1 heterocycles. The van der Waals surface area contributed by atoms with E-state index in [-0.39, 0.29) is 5.43 Å². The summed E-state index contributed by atoms with van der Waals surface area (Å²) in [4.78, 5) is 13.0. The Labute approximate surface area is 269 Å². The summed E-state index contributed by atoms with van der Waals surface area (Å²) in [5.41, 5.74) is 3.31. The maximum atomic E-state index is 13.0. The summed E-state index contributed by atoms with van der Waals surface area (Å²) in [5.74, 6) is 3.08. The van der Waals surface area contributed by atoms with Gasteiger partial charge in [-0.2, -0.15) is 10.2 Å². The summed E-state index contributed by atoms with van der Waals surface area (Å²) in [5, 5.41) is 9.07. The number of benzene rings is 4. The van der Waals surface area contributed by atoms with Crippen LogP contribution in [-0.4, -0.2) is 27.4 Å². The van der Waals surface area contributed by atoms with Gasteiger partial charge >= 0.3 is 0 Å². The zero-order valence-corrected chi connectivity index (χ0v) is 26.4. The Morgan fingerprint density at radius 3 is 1.61 bits per heavy atom. The predicted molar refractivity (Wildman–Crippen MR) is 181 cm³/mol. The van der Waals surface area contributed by atoms with E-state index >= 15 is 0 Å². The van der Waals surface area contributed by atoms with Crippen molar-refractivity contribution in [3.63, 3.8) is 0 Å². The van der Waals surface area contributed by atoms with Crippen molar-refractivity contribution < 1.29 is 23.4 Å². The molecule has 0 aliphatic heterocycles. The van der Waals surface area contributed by atoms with Gasteiger partial charge in [-0.25, -0.2) is 0 Å². The molecule has 0 aliphatic rings. The molecule has 238 valence electrons. The van der Waals surface area contributed by atoms with Gasteiger partial charge in [0.25, 0.3) is 0 Å². The molecule has 8 nitrogen and oxygen atoms in total. The van der Waals surface area contributed by atoms with E-state index in [4.69, 9.17) is 23.4 Å². The Hall–Kier alpha value is -5.11. The molecular weight excluding hydrogens is 580 g/mol. The molecule has 5 aromatic rings. The summed E-state index contributed by atoms with van der Waals surface area (Å²) < 4.78 is 28.0. The summed E-state index contributed by atoms with van der Waals surface area (Å²) in [6, 6.07) is 27.9. The van der Waals surface area contributed by atoms with Crippen molar-refractivity contribution in [3.05, 3.63) is 107 Å². The number of ether oxygens (including phenoxy) is 4. The van der Waals surface area contributed by atoms with Gasteiger partial charge in [0.1, 0.15) is 34.8 Å². The number of unbranched alkanes of at least 4 members (excludes halogenated alkanes) is 6. The average Bonchev–Trinajstić information content (AvgIpc) is 3.10. The van der Waals surface area contributed by atoms with E-state index in [1.165, 1.54) is 25.5 Å². The zero-order valence-electron chi connectivity index (χ0n) is 26.4. The van der Waals surface area contributed by atoms with E-state index in [1.807, 2.05) is 78.9 Å². The molecule has 0 spiro atoms. The zero-order chi connectivity index (χ0) is 32.0. The molecule has 0 saturated carbocycles. The molecule has 8 heteroatoms. The highest BCUT2D eigenvalue weighted by atomic mass is 16.5. The van der Waals surface area contributed by atoms with Crippen LogP contribution < -0.4 is 24.4 Å². The molecule has 0 fully saturated rings. The lowest BCUT2D eigenvalue weighted by molar-refractivity contribution is 0.299. The van der Waals surface area contributed by atoms with Crippen LogP contribution in [0.25, 0.3) is 22.1 Å². The van der Waals surface area contributed by atoms with Crippen LogP contribution in [0.1, 0.15) is 44.9 Å². The van der Waals surface area contributed by atoms with E-state index in [1.54, 1.807) is 26.4 Å². The lowest BCUT2D eigenvalue weighted by atomic mass is 10.1. The second-order valence-electron chi connectivity index (χ2n) is 10.9. The topological polar surface area (TPSA) is 91.9 Å². The van der Waals surface area contributed by atoms with E-state index in [9.17, 15) is 4.79 Å². The highest BCUT2D eigenvalue weighted by molar-refractivity contribution is 5.82. The van der Waals surface area contributed by atoms with Crippen LogP contribution in [0.4, 0.5) is 11.4 Å². The van der Waals surface area contributed by atoms with Crippen LogP contribution >= 0.6 is 0 Å². The van der Waals surface area contributed by atoms with Crippen molar-refractivity contribution in [1.82, 2.24) is 0 Å². The molecule has 0 bridgehead atoms. The smallest absolute Gasteiger partial charge is 0.200 e. The first-order valence-corrected chi connectivity index (χ1v) is 15.7. The first-order chi connectivity index (χ1) is 22.6. The Morgan fingerprint density at radius 1 is 0.565 bits per heavy atom. The lowest BCUT2D eigenvalue weighted by Crippen LogP contribution is -2.05. The van der Waals surface area contributed by atoms with Gasteiger partial charge in [0.2, 0.25) is 0 Å². The number of hydrogen-bond acceptors (Lipinski definition) is 8. The highest BCUT2D eigenvalue weighted by Crippen LogP contribution is 2.26. The molecule has 0 atom stereocenters. The van der Waals surface area contributed by atoms with Crippen LogP contribution in [0, 0.1) is 0 Å². The Bertz CT molecular complexity index is 1750. The van der Waals surface area contributed by atoms with E-state index in [0.717, 1.165) is 59.9 Å². The SMILES string of the molecule is COc1ccc(N=Nc2ccc(OCCCCCCCCCOc3ccc4c(=O)c(-c5ccc(OC)cc5)coc4c3)cc2)cc1. The minimum absolute atomic E-state index is 0.0660.